The minimum absolute atomic E-state index is 0.0268. The summed E-state index contributed by atoms with van der Waals surface area (Å²) < 4.78 is 15.0. The number of esters is 2. The van der Waals surface area contributed by atoms with Gasteiger partial charge in [-0.1, -0.05) is 17.7 Å². The van der Waals surface area contributed by atoms with E-state index in [9.17, 15) is 14.4 Å². The van der Waals surface area contributed by atoms with Crippen LogP contribution in [0.25, 0.3) is 0 Å². The molecule has 0 bridgehead atoms. The standard InChI is InChI=1S/C21H19ClN2O6/c1-28-20(26)17-11-30-12-24(18(17)21(27)29-2)16-8-6-13(7-9-16)19(25)23-15-5-3-4-14(22)10-15/h3-10H,11-12H2,1-2H3,(H,23,25). The SMILES string of the molecule is COC(=O)C1=C(C(=O)OC)N(c2ccc(C(=O)Nc3cccc(Cl)c3)cc2)COC1. The minimum atomic E-state index is -0.693. The summed E-state index contributed by atoms with van der Waals surface area (Å²) in [6, 6.07) is 13.3. The van der Waals surface area contributed by atoms with Crippen molar-refractivity contribution in [2.75, 3.05) is 37.8 Å². The zero-order chi connectivity index (χ0) is 21.7. The lowest BCUT2D eigenvalue weighted by molar-refractivity contribution is -0.140. The first-order valence-corrected chi connectivity index (χ1v) is 9.24. The zero-order valence-electron chi connectivity index (χ0n) is 16.3. The monoisotopic (exact) mass is 430 g/mol. The maximum Gasteiger partial charge on any atom is 0.355 e. The van der Waals surface area contributed by atoms with E-state index in [-0.39, 0.29) is 30.5 Å². The number of carbonyl (C=O) groups excluding carboxylic acids is 3. The van der Waals surface area contributed by atoms with Crippen molar-refractivity contribution < 1.29 is 28.6 Å². The van der Waals surface area contributed by atoms with Gasteiger partial charge in [0.1, 0.15) is 12.4 Å². The molecule has 2 aromatic carbocycles. The molecule has 0 saturated heterocycles. The molecular weight excluding hydrogens is 412 g/mol. The maximum atomic E-state index is 12.5. The van der Waals surface area contributed by atoms with Crippen LogP contribution in [0, 0.1) is 0 Å². The Morgan fingerprint density at radius 2 is 1.73 bits per heavy atom. The number of carbonyl (C=O) groups is 3. The highest BCUT2D eigenvalue weighted by molar-refractivity contribution is 6.31. The minimum Gasteiger partial charge on any atom is -0.466 e. The van der Waals surface area contributed by atoms with Gasteiger partial charge in [-0.15, -0.1) is 0 Å². The predicted molar refractivity (Wildman–Crippen MR) is 110 cm³/mol. The van der Waals surface area contributed by atoms with Gasteiger partial charge in [-0.2, -0.15) is 0 Å². The van der Waals surface area contributed by atoms with Crippen molar-refractivity contribution in [3.05, 3.63) is 70.4 Å². The van der Waals surface area contributed by atoms with Crippen LogP contribution in [0.3, 0.4) is 0 Å². The number of nitrogens with one attached hydrogen (secondary N) is 1. The summed E-state index contributed by atoms with van der Waals surface area (Å²) in [6.07, 6.45) is 0. The second-order valence-corrected chi connectivity index (χ2v) is 6.66. The highest BCUT2D eigenvalue weighted by Crippen LogP contribution is 2.27. The maximum absolute atomic E-state index is 12.5. The molecule has 1 heterocycles. The van der Waals surface area contributed by atoms with Crippen LogP contribution in [0.15, 0.2) is 59.8 Å². The lowest BCUT2D eigenvalue weighted by atomic mass is 10.1. The van der Waals surface area contributed by atoms with E-state index in [1.165, 1.54) is 19.1 Å². The second-order valence-electron chi connectivity index (χ2n) is 6.23. The fourth-order valence-electron chi connectivity index (χ4n) is 2.91. The summed E-state index contributed by atoms with van der Waals surface area (Å²) in [5.74, 6) is -1.70. The summed E-state index contributed by atoms with van der Waals surface area (Å²) in [5.41, 5.74) is 1.59. The van der Waals surface area contributed by atoms with E-state index in [0.717, 1.165) is 0 Å². The van der Waals surface area contributed by atoms with Crippen LogP contribution >= 0.6 is 11.6 Å². The van der Waals surface area contributed by atoms with Crippen LogP contribution in [-0.2, 0) is 23.8 Å². The first kappa shape index (κ1) is 21.4. The molecular formula is C21H19ClN2O6. The molecule has 0 radical (unpaired) electrons. The molecule has 9 heteroatoms. The molecule has 0 fully saturated rings. The lowest BCUT2D eigenvalue weighted by Gasteiger charge is -2.31. The Kier molecular flexibility index (Phi) is 6.71. The van der Waals surface area contributed by atoms with Crippen LogP contribution in [0.5, 0.6) is 0 Å². The van der Waals surface area contributed by atoms with Crippen molar-refractivity contribution in [3.8, 4) is 0 Å². The number of ether oxygens (including phenoxy) is 3. The van der Waals surface area contributed by atoms with Gasteiger partial charge in [0.15, 0.2) is 0 Å². The van der Waals surface area contributed by atoms with Crippen molar-refractivity contribution in [2.24, 2.45) is 0 Å². The highest BCUT2D eigenvalue weighted by Gasteiger charge is 2.32. The van der Waals surface area contributed by atoms with Crippen molar-refractivity contribution in [1.82, 2.24) is 0 Å². The fraction of sp³-hybridized carbons (Fsp3) is 0.190. The molecule has 0 aromatic heterocycles. The number of nitrogens with zero attached hydrogens (tertiary/aromatic N) is 1. The number of halogens is 1. The number of benzene rings is 2. The van der Waals surface area contributed by atoms with Gasteiger partial charge in [-0.05, 0) is 42.5 Å². The third kappa shape index (κ3) is 4.61. The summed E-state index contributed by atoms with van der Waals surface area (Å²) >= 11 is 5.93. The summed E-state index contributed by atoms with van der Waals surface area (Å²) in [7, 11) is 2.44. The fourth-order valence-corrected chi connectivity index (χ4v) is 3.10. The van der Waals surface area contributed by atoms with Gasteiger partial charge in [-0.25, -0.2) is 9.59 Å². The van der Waals surface area contributed by atoms with E-state index in [1.807, 2.05) is 0 Å². The van der Waals surface area contributed by atoms with E-state index >= 15 is 0 Å². The third-order valence-electron chi connectivity index (χ3n) is 4.36. The average Bonchev–Trinajstić information content (AvgIpc) is 2.77. The van der Waals surface area contributed by atoms with E-state index in [4.69, 9.17) is 25.8 Å². The molecule has 30 heavy (non-hydrogen) atoms. The molecule has 1 N–H and O–H groups in total. The quantitative estimate of drug-likeness (QED) is 0.728. The van der Waals surface area contributed by atoms with Crippen molar-refractivity contribution in [2.45, 2.75) is 0 Å². The first-order valence-electron chi connectivity index (χ1n) is 8.86. The van der Waals surface area contributed by atoms with Crippen LogP contribution < -0.4 is 10.2 Å². The Balaban J connectivity index is 1.86. The smallest absolute Gasteiger partial charge is 0.355 e. The molecule has 156 valence electrons. The molecule has 0 atom stereocenters. The van der Waals surface area contributed by atoms with E-state index < -0.39 is 11.9 Å². The van der Waals surface area contributed by atoms with Crippen LogP contribution in [0.4, 0.5) is 11.4 Å². The van der Waals surface area contributed by atoms with Gasteiger partial charge < -0.3 is 24.4 Å². The van der Waals surface area contributed by atoms with E-state index in [0.29, 0.717) is 22.0 Å². The number of methoxy groups -OCH3 is 2. The number of rotatable bonds is 5. The topological polar surface area (TPSA) is 94.2 Å². The summed E-state index contributed by atoms with van der Waals surface area (Å²) in [4.78, 5) is 38.3. The van der Waals surface area contributed by atoms with E-state index in [1.54, 1.807) is 48.5 Å². The second kappa shape index (κ2) is 9.43. The molecule has 2 aromatic rings. The predicted octanol–water partition coefficient (Wildman–Crippen LogP) is 2.99. The lowest BCUT2D eigenvalue weighted by Crippen LogP contribution is -2.38. The van der Waals surface area contributed by atoms with Crippen molar-refractivity contribution in [1.29, 1.82) is 0 Å². The van der Waals surface area contributed by atoms with E-state index in [2.05, 4.69) is 5.32 Å². The number of amides is 1. The van der Waals surface area contributed by atoms with Gasteiger partial charge in [0.2, 0.25) is 0 Å². The summed E-state index contributed by atoms with van der Waals surface area (Å²) in [5, 5.41) is 3.27. The average molecular weight is 431 g/mol. The van der Waals surface area contributed by atoms with Gasteiger partial charge in [-0.3, -0.25) is 4.79 Å². The Morgan fingerprint density at radius 3 is 2.37 bits per heavy atom. The Bertz CT molecular complexity index is 1000. The molecule has 1 aliphatic heterocycles. The van der Waals surface area contributed by atoms with Gasteiger partial charge in [0.25, 0.3) is 5.91 Å². The van der Waals surface area contributed by atoms with Crippen molar-refractivity contribution >= 4 is 40.8 Å². The molecule has 0 aliphatic carbocycles. The molecule has 8 nitrogen and oxygen atoms in total. The molecule has 3 rings (SSSR count). The Hall–Kier alpha value is -3.36. The van der Waals surface area contributed by atoms with Crippen LogP contribution in [-0.4, -0.2) is 45.4 Å². The van der Waals surface area contributed by atoms with Crippen LogP contribution in [0.2, 0.25) is 5.02 Å². The van der Waals surface area contributed by atoms with Gasteiger partial charge in [0, 0.05) is 22.0 Å². The van der Waals surface area contributed by atoms with Gasteiger partial charge >= 0.3 is 11.9 Å². The molecule has 0 unspecified atom stereocenters. The molecule has 1 aliphatic rings. The first-order chi connectivity index (χ1) is 14.4. The third-order valence-corrected chi connectivity index (χ3v) is 4.59. The number of hydrogen-bond donors (Lipinski definition) is 1. The number of anilines is 2. The highest BCUT2D eigenvalue weighted by atomic mass is 35.5. The molecule has 1 amide bonds. The number of hydrogen-bond acceptors (Lipinski definition) is 7. The van der Waals surface area contributed by atoms with Crippen LogP contribution in [0.1, 0.15) is 10.4 Å². The largest absolute Gasteiger partial charge is 0.466 e. The zero-order valence-corrected chi connectivity index (χ0v) is 17.1. The summed E-state index contributed by atoms with van der Waals surface area (Å²) in [6.45, 7) is -0.0489. The molecule has 0 saturated carbocycles. The Morgan fingerprint density at radius 1 is 1.03 bits per heavy atom. The van der Waals surface area contributed by atoms with Gasteiger partial charge in [0.05, 0.1) is 26.4 Å². The molecule has 0 spiro atoms. The van der Waals surface area contributed by atoms with Crippen molar-refractivity contribution in [3.63, 3.8) is 0 Å². The Labute approximate surface area is 178 Å². The normalized spacial score (nSPS) is 13.6.